The number of likely N-dealkylation sites (N-methyl/N-ethyl adjacent to an activating group) is 1. The third kappa shape index (κ3) is 4.22. The highest BCUT2D eigenvalue weighted by atomic mass is 32.2. The topological polar surface area (TPSA) is 89.9 Å². The number of carbonyl (C=O) groups is 1. The van der Waals surface area contributed by atoms with Crippen LogP contribution in [0.15, 0.2) is 9.55 Å². The van der Waals surface area contributed by atoms with Crippen molar-refractivity contribution in [1.82, 2.24) is 29.8 Å². The normalized spacial score (nSPS) is 24.8. The zero-order valence-corrected chi connectivity index (χ0v) is 24.0. The Labute approximate surface area is 224 Å². The van der Waals surface area contributed by atoms with Gasteiger partial charge in [0.15, 0.2) is 22.9 Å². The first-order chi connectivity index (χ1) is 17.9. The minimum absolute atomic E-state index is 0.200. The van der Waals surface area contributed by atoms with Crippen LogP contribution in [-0.4, -0.2) is 61.5 Å². The Bertz CT molecular complexity index is 1300. The molecule has 3 aromatic heterocycles. The number of Topliss-reactive ketones (excluding diaryl/α,β-unsaturated/α-hetero) is 1. The van der Waals surface area contributed by atoms with Crippen LogP contribution in [0.2, 0.25) is 0 Å². The molecule has 1 spiro atoms. The smallest absolute Gasteiger partial charge is 0.185 e. The van der Waals surface area contributed by atoms with Gasteiger partial charge in [-0.2, -0.15) is 5.10 Å². The molecule has 2 fully saturated rings. The van der Waals surface area contributed by atoms with Crippen molar-refractivity contribution in [2.45, 2.75) is 108 Å². The van der Waals surface area contributed by atoms with Crippen molar-refractivity contribution in [3.63, 3.8) is 0 Å². The van der Waals surface area contributed by atoms with E-state index >= 15 is 0 Å². The van der Waals surface area contributed by atoms with Gasteiger partial charge in [0.2, 0.25) is 0 Å². The van der Waals surface area contributed by atoms with E-state index < -0.39 is 5.41 Å². The Kier molecular flexibility index (Phi) is 7.47. The number of rotatable bonds is 4. The van der Waals surface area contributed by atoms with Crippen molar-refractivity contribution in [3.05, 3.63) is 17.0 Å². The SMILES string of the molecule is CC.CSc1nc(-c2noc3c2CCC[C@@]32CCCCC2=O)nc2c1c(C)nn2[C@@H](C)[C@@H]1CCCN1C. The monoisotopic (exact) mass is 524 g/mol. The maximum absolute atomic E-state index is 13.1. The largest absolute Gasteiger partial charge is 0.359 e. The Balaban J connectivity index is 0.00000137. The van der Waals surface area contributed by atoms with E-state index in [1.54, 1.807) is 11.8 Å². The van der Waals surface area contributed by atoms with Crippen molar-refractivity contribution in [2.24, 2.45) is 0 Å². The first-order valence-electron chi connectivity index (χ1n) is 14.0. The molecule has 4 heterocycles. The van der Waals surface area contributed by atoms with Crippen LogP contribution in [0.4, 0.5) is 0 Å². The molecule has 0 bridgehead atoms. The molecule has 9 heteroatoms. The van der Waals surface area contributed by atoms with E-state index in [0.717, 1.165) is 84.6 Å². The number of aryl methyl sites for hydroxylation is 1. The molecule has 1 saturated carbocycles. The highest BCUT2D eigenvalue weighted by molar-refractivity contribution is 7.98. The minimum atomic E-state index is -0.497. The first-order valence-corrected chi connectivity index (χ1v) is 15.2. The molecule has 0 aromatic carbocycles. The predicted octanol–water partition coefficient (Wildman–Crippen LogP) is 5.91. The van der Waals surface area contributed by atoms with Crippen LogP contribution in [0.25, 0.3) is 22.6 Å². The van der Waals surface area contributed by atoms with E-state index in [1.807, 2.05) is 27.0 Å². The zero-order chi connectivity index (χ0) is 26.3. The molecule has 3 atom stereocenters. The predicted molar refractivity (Wildman–Crippen MR) is 147 cm³/mol. The molecule has 1 aliphatic heterocycles. The summed E-state index contributed by atoms with van der Waals surface area (Å²) in [6, 6.07) is 0.635. The number of hydrogen-bond donors (Lipinski definition) is 0. The fourth-order valence-corrected chi connectivity index (χ4v) is 7.41. The molecule has 200 valence electrons. The number of aromatic nitrogens is 5. The molecule has 2 aliphatic carbocycles. The number of ketones is 1. The van der Waals surface area contributed by atoms with Crippen LogP contribution < -0.4 is 0 Å². The van der Waals surface area contributed by atoms with Crippen LogP contribution >= 0.6 is 11.8 Å². The number of fused-ring (bicyclic) bond motifs is 3. The first kappa shape index (κ1) is 26.4. The fraction of sp³-hybridized carbons (Fsp3) is 0.679. The summed E-state index contributed by atoms with van der Waals surface area (Å²) in [5.74, 6) is 1.68. The van der Waals surface area contributed by atoms with Crippen molar-refractivity contribution in [2.75, 3.05) is 19.8 Å². The van der Waals surface area contributed by atoms with E-state index in [1.165, 1.54) is 6.42 Å². The summed E-state index contributed by atoms with van der Waals surface area (Å²) in [5, 5.41) is 11.4. The van der Waals surface area contributed by atoms with Crippen molar-refractivity contribution in [1.29, 1.82) is 0 Å². The molecule has 1 saturated heterocycles. The summed E-state index contributed by atoms with van der Waals surface area (Å²) in [5.41, 5.74) is 3.05. The van der Waals surface area contributed by atoms with Crippen LogP contribution in [0.1, 0.15) is 95.2 Å². The molecular weight excluding hydrogens is 484 g/mol. The lowest BCUT2D eigenvalue weighted by atomic mass is 9.64. The van der Waals surface area contributed by atoms with E-state index in [0.29, 0.717) is 29.8 Å². The third-order valence-electron chi connectivity index (χ3n) is 8.66. The maximum Gasteiger partial charge on any atom is 0.185 e. The van der Waals surface area contributed by atoms with Crippen molar-refractivity contribution < 1.29 is 9.32 Å². The number of nitrogens with zero attached hydrogens (tertiary/aromatic N) is 6. The Morgan fingerprint density at radius 3 is 2.59 bits per heavy atom. The van der Waals surface area contributed by atoms with Gasteiger partial charge in [-0.05, 0) is 78.6 Å². The Morgan fingerprint density at radius 1 is 1.11 bits per heavy atom. The molecule has 0 N–H and O–H groups in total. The summed E-state index contributed by atoms with van der Waals surface area (Å²) in [4.78, 5) is 25.5. The second-order valence-corrected chi connectivity index (χ2v) is 11.4. The average molecular weight is 525 g/mol. The van der Waals surface area contributed by atoms with Crippen molar-refractivity contribution in [3.8, 4) is 11.5 Å². The van der Waals surface area contributed by atoms with Gasteiger partial charge in [0, 0.05) is 18.0 Å². The Morgan fingerprint density at radius 2 is 1.89 bits per heavy atom. The zero-order valence-electron chi connectivity index (χ0n) is 23.1. The lowest BCUT2D eigenvalue weighted by Crippen LogP contribution is -2.41. The van der Waals surface area contributed by atoms with E-state index in [-0.39, 0.29) is 6.04 Å². The quantitative estimate of drug-likeness (QED) is 0.307. The molecule has 0 amide bonds. The van der Waals surface area contributed by atoms with E-state index in [9.17, 15) is 4.79 Å². The summed E-state index contributed by atoms with van der Waals surface area (Å²) < 4.78 is 8.08. The fourth-order valence-electron chi connectivity index (χ4n) is 6.79. The van der Waals surface area contributed by atoms with Crippen LogP contribution in [0.3, 0.4) is 0 Å². The second kappa shape index (κ2) is 10.5. The Hall–Kier alpha value is -2.26. The minimum Gasteiger partial charge on any atom is -0.359 e. The molecule has 8 nitrogen and oxygen atoms in total. The number of carbonyl (C=O) groups excluding carboxylic acids is 1. The van der Waals surface area contributed by atoms with Gasteiger partial charge in [0.1, 0.15) is 10.8 Å². The van der Waals surface area contributed by atoms with Crippen LogP contribution in [0.5, 0.6) is 0 Å². The van der Waals surface area contributed by atoms with Gasteiger partial charge in [0.05, 0.1) is 22.5 Å². The van der Waals surface area contributed by atoms with Gasteiger partial charge in [-0.3, -0.25) is 4.79 Å². The summed E-state index contributed by atoms with van der Waals surface area (Å²) >= 11 is 1.61. The standard InChI is InChI=1S/C26H34N6O2S.C2H6/c1-15-20-24(32(29-15)16(2)18-10-8-14-31(18)3)27-23(28-25(20)35-4)21-17-9-7-13-26(22(17)34-30-21)12-6-5-11-19(26)33;1-2/h16,18H,5-14H2,1-4H3;1-2H3/t16-,18-,26+;/m0./s1. The highest BCUT2D eigenvalue weighted by Gasteiger charge is 2.48. The lowest BCUT2D eigenvalue weighted by molar-refractivity contribution is -0.128. The molecular formula is C28H40N6O2S. The molecule has 3 aromatic rings. The lowest BCUT2D eigenvalue weighted by Gasteiger charge is -2.36. The molecule has 6 rings (SSSR count). The van der Waals surface area contributed by atoms with Gasteiger partial charge in [-0.25, -0.2) is 14.6 Å². The summed E-state index contributed by atoms with van der Waals surface area (Å²) in [6.07, 6.45) is 10.6. The third-order valence-corrected chi connectivity index (χ3v) is 9.34. The van der Waals surface area contributed by atoms with Crippen molar-refractivity contribution >= 4 is 28.6 Å². The molecule has 0 unspecified atom stereocenters. The van der Waals surface area contributed by atoms with Gasteiger partial charge < -0.3 is 9.42 Å². The summed E-state index contributed by atoms with van der Waals surface area (Å²) in [7, 11) is 2.20. The maximum atomic E-state index is 13.1. The van der Waals surface area contributed by atoms with Gasteiger partial charge in [0.25, 0.3) is 0 Å². The average Bonchev–Trinajstić information content (AvgIpc) is 3.64. The number of thioether (sulfide) groups is 1. The van der Waals surface area contributed by atoms with Crippen LogP contribution in [-0.2, 0) is 16.6 Å². The summed E-state index contributed by atoms with van der Waals surface area (Å²) in [6.45, 7) is 9.41. The number of likely N-dealkylation sites (tertiary alicyclic amines) is 1. The van der Waals surface area contributed by atoms with Gasteiger partial charge in [-0.15, -0.1) is 11.8 Å². The molecule has 3 aliphatic rings. The van der Waals surface area contributed by atoms with Gasteiger partial charge in [-0.1, -0.05) is 25.4 Å². The van der Waals surface area contributed by atoms with Gasteiger partial charge >= 0.3 is 0 Å². The molecule has 37 heavy (non-hydrogen) atoms. The number of hydrogen-bond acceptors (Lipinski definition) is 8. The highest BCUT2D eigenvalue weighted by Crippen LogP contribution is 2.47. The van der Waals surface area contributed by atoms with Crippen LogP contribution in [0, 0.1) is 6.92 Å². The van der Waals surface area contributed by atoms with E-state index in [4.69, 9.17) is 19.6 Å². The van der Waals surface area contributed by atoms with E-state index in [2.05, 4.69) is 28.7 Å². The molecule has 0 radical (unpaired) electrons. The second-order valence-electron chi connectivity index (χ2n) is 10.6.